The van der Waals surface area contributed by atoms with Gasteiger partial charge in [-0.15, -0.1) is 0 Å². The van der Waals surface area contributed by atoms with E-state index in [1.165, 1.54) is 6.07 Å². The first-order valence-corrected chi connectivity index (χ1v) is 5.45. The van der Waals surface area contributed by atoms with Crippen LogP contribution in [0.3, 0.4) is 0 Å². The van der Waals surface area contributed by atoms with Crippen molar-refractivity contribution < 1.29 is 4.39 Å². The van der Waals surface area contributed by atoms with Crippen LogP contribution in [0.1, 0.15) is 5.56 Å². The van der Waals surface area contributed by atoms with Gasteiger partial charge in [0.1, 0.15) is 5.82 Å². The summed E-state index contributed by atoms with van der Waals surface area (Å²) in [5.74, 6) is -0.259. The largest absolute Gasteiger partial charge is 0.255 e. The number of fused-ring (bicyclic) bond motifs is 1. The molecule has 0 radical (unpaired) electrons. The molecule has 0 amide bonds. The second-order valence-corrected chi connectivity index (χ2v) is 4.47. The summed E-state index contributed by atoms with van der Waals surface area (Å²) in [6, 6.07) is 3.08. The number of pyridine rings is 1. The van der Waals surface area contributed by atoms with Gasteiger partial charge in [0, 0.05) is 11.6 Å². The fourth-order valence-corrected chi connectivity index (χ4v) is 2.08. The molecule has 1 aromatic carbocycles. The first-order chi connectivity index (χ1) is 6.61. The van der Waals surface area contributed by atoms with E-state index in [9.17, 15) is 4.39 Å². The molecule has 0 bridgehead atoms. The van der Waals surface area contributed by atoms with Crippen molar-refractivity contribution in [3.05, 3.63) is 38.3 Å². The highest BCUT2D eigenvalue weighted by molar-refractivity contribution is 14.1. The molecule has 1 heterocycles. The average molecular weight is 322 g/mol. The van der Waals surface area contributed by atoms with Crippen LogP contribution < -0.4 is 0 Å². The third-order valence-electron chi connectivity index (χ3n) is 2.04. The molecule has 2 rings (SSSR count). The standard InChI is InChI=1S/C10H6ClFIN/c1-5-4-14-10-6(8(5)11)2-3-7(12)9(10)13/h2-4H,1H3. The lowest BCUT2D eigenvalue weighted by Crippen LogP contribution is -1.90. The Kier molecular flexibility index (Phi) is 2.62. The smallest absolute Gasteiger partial charge is 0.138 e. The van der Waals surface area contributed by atoms with E-state index in [2.05, 4.69) is 4.98 Å². The Balaban J connectivity index is 2.94. The predicted molar refractivity (Wildman–Crippen MR) is 64.2 cm³/mol. The van der Waals surface area contributed by atoms with Crippen molar-refractivity contribution >= 4 is 45.1 Å². The van der Waals surface area contributed by atoms with Gasteiger partial charge in [-0.3, -0.25) is 4.98 Å². The minimum absolute atomic E-state index is 0.259. The number of rotatable bonds is 0. The number of aromatic nitrogens is 1. The second-order valence-electron chi connectivity index (χ2n) is 3.01. The minimum Gasteiger partial charge on any atom is -0.255 e. The van der Waals surface area contributed by atoms with Gasteiger partial charge in [-0.1, -0.05) is 11.6 Å². The van der Waals surface area contributed by atoms with Crippen LogP contribution in [0.15, 0.2) is 18.3 Å². The minimum atomic E-state index is -0.259. The van der Waals surface area contributed by atoms with Crippen molar-refractivity contribution in [2.45, 2.75) is 6.92 Å². The van der Waals surface area contributed by atoms with Gasteiger partial charge < -0.3 is 0 Å². The summed E-state index contributed by atoms with van der Waals surface area (Å²) in [7, 11) is 0. The van der Waals surface area contributed by atoms with E-state index in [0.717, 1.165) is 10.9 Å². The Morgan fingerprint density at radius 3 is 2.86 bits per heavy atom. The molecule has 0 fully saturated rings. The topological polar surface area (TPSA) is 12.9 Å². The van der Waals surface area contributed by atoms with Crippen molar-refractivity contribution in [3.63, 3.8) is 0 Å². The number of halogens is 3. The van der Waals surface area contributed by atoms with Gasteiger partial charge in [0.2, 0.25) is 0 Å². The van der Waals surface area contributed by atoms with E-state index >= 15 is 0 Å². The number of nitrogens with zero attached hydrogens (tertiary/aromatic N) is 1. The van der Waals surface area contributed by atoms with Gasteiger partial charge in [-0.25, -0.2) is 4.39 Å². The summed E-state index contributed by atoms with van der Waals surface area (Å²) >= 11 is 8.02. The van der Waals surface area contributed by atoms with E-state index in [1.807, 2.05) is 29.5 Å². The molecule has 0 atom stereocenters. The average Bonchev–Trinajstić information content (AvgIpc) is 2.17. The molecular formula is C10H6ClFIN. The zero-order valence-electron chi connectivity index (χ0n) is 7.31. The molecule has 2 aromatic rings. The molecule has 0 saturated carbocycles. The summed E-state index contributed by atoms with van der Waals surface area (Å²) in [6.45, 7) is 1.88. The molecule has 0 spiro atoms. The molecular weight excluding hydrogens is 315 g/mol. The maximum atomic E-state index is 13.2. The zero-order valence-corrected chi connectivity index (χ0v) is 10.2. The Labute approximate surface area is 99.4 Å². The van der Waals surface area contributed by atoms with Gasteiger partial charge in [0.25, 0.3) is 0 Å². The molecule has 1 nitrogen and oxygen atoms in total. The maximum Gasteiger partial charge on any atom is 0.138 e. The molecule has 0 aliphatic rings. The molecule has 72 valence electrons. The van der Waals surface area contributed by atoms with Gasteiger partial charge in [0.05, 0.1) is 14.1 Å². The van der Waals surface area contributed by atoms with Crippen LogP contribution in [-0.4, -0.2) is 4.98 Å². The molecule has 0 saturated heterocycles. The van der Waals surface area contributed by atoms with Gasteiger partial charge >= 0.3 is 0 Å². The number of hydrogen-bond acceptors (Lipinski definition) is 1. The van der Waals surface area contributed by atoms with E-state index < -0.39 is 0 Å². The highest BCUT2D eigenvalue weighted by atomic mass is 127. The van der Waals surface area contributed by atoms with Crippen molar-refractivity contribution in [2.75, 3.05) is 0 Å². The SMILES string of the molecule is Cc1cnc2c(I)c(F)ccc2c1Cl. The van der Waals surface area contributed by atoms with Crippen LogP contribution in [0.25, 0.3) is 10.9 Å². The third kappa shape index (κ3) is 1.48. The third-order valence-corrected chi connectivity index (χ3v) is 3.57. The molecule has 4 heteroatoms. The van der Waals surface area contributed by atoms with Crippen molar-refractivity contribution in [1.82, 2.24) is 4.98 Å². The molecule has 14 heavy (non-hydrogen) atoms. The van der Waals surface area contributed by atoms with Crippen LogP contribution >= 0.6 is 34.2 Å². The zero-order chi connectivity index (χ0) is 10.3. The van der Waals surface area contributed by atoms with Crippen LogP contribution in [0.4, 0.5) is 4.39 Å². The normalized spacial score (nSPS) is 10.9. The molecule has 0 aliphatic heterocycles. The Morgan fingerprint density at radius 1 is 1.43 bits per heavy atom. The first kappa shape index (κ1) is 10.1. The summed E-state index contributed by atoms with van der Waals surface area (Å²) in [5, 5.41) is 1.45. The van der Waals surface area contributed by atoms with Crippen LogP contribution in [0.5, 0.6) is 0 Å². The fourth-order valence-electron chi connectivity index (χ4n) is 1.27. The molecule has 0 N–H and O–H groups in total. The van der Waals surface area contributed by atoms with E-state index in [0.29, 0.717) is 14.1 Å². The summed E-state index contributed by atoms with van der Waals surface area (Å²) in [5.41, 5.74) is 1.53. The summed E-state index contributed by atoms with van der Waals surface area (Å²) < 4.78 is 13.7. The second kappa shape index (κ2) is 3.62. The van der Waals surface area contributed by atoms with Crippen molar-refractivity contribution in [1.29, 1.82) is 0 Å². The fraction of sp³-hybridized carbons (Fsp3) is 0.100. The van der Waals surface area contributed by atoms with Crippen molar-refractivity contribution in [2.24, 2.45) is 0 Å². The Bertz CT molecular complexity index is 466. The predicted octanol–water partition coefficient (Wildman–Crippen LogP) is 3.94. The van der Waals surface area contributed by atoms with Crippen LogP contribution in [0, 0.1) is 16.3 Å². The monoisotopic (exact) mass is 321 g/mol. The molecule has 1 aromatic heterocycles. The summed E-state index contributed by atoms with van der Waals surface area (Å²) in [4.78, 5) is 4.17. The highest BCUT2D eigenvalue weighted by Gasteiger charge is 2.09. The Morgan fingerprint density at radius 2 is 2.14 bits per heavy atom. The molecule has 0 unspecified atom stereocenters. The molecule has 0 aliphatic carbocycles. The van der Waals surface area contributed by atoms with Gasteiger partial charge in [-0.05, 0) is 47.2 Å². The maximum absolute atomic E-state index is 13.2. The van der Waals surface area contributed by atoms with Gasteiger partial charge in [-0.2, -0.15) is 0 Å². The lowest BCUT2D eigenvalue weighted by molar-refractivity contribution is 0.622. The Hall–Kier alpha value is -0.420. The number of benzene rings is 1. The van der Waals surface area contributed by atoms with E-state index in [1.54, 1.807) is 12.3 Å². The quantitative estimate of drug-likeness (QED) is 0.670. The van der Waals surface area contributed by atoms with Crippen LogP contribution in [0.2, 0.25) is 5.02 Å². The van der Waals surface area contributed by atoms with Gasteiger partial charge in [0.15, 0.2) is 0 Å². The van der Waals surface area contributed by atoms with E-state index in [4.69, 9.17) is 11.6 Å². The first-order valence-electron chi connectivity index (χ1n) is 4.00. The lowest BCUT2D eigenvalue weighted by atomic mass is 10.2. The lowest BCUT2D eigenvalue weighted by Gasteiger charge is -2.04. The van der Waals surface area contributed by atoms with Crippen molar-refractivity contribution in [3.8, 4) is 0 Å². The highest BCUT2D eigenvalue weighted by Crippen LogP contribution is 2.29. The summed E-state index contributed by atoms with van der Waals surface area (Å²) in [6.07, 6.45) is 1.66. The van der Waals surface area contributed by atoms with Crippen LogP contribution in [-0.2, 0) is 0 Å². The van der Waals surface area contributed by atoms with E-state index in [-0.39, 0.29) is 5.82 Å². The number of hydrogen-bond donors (Lipinski definition) is 0. The number of aryl methyl sites for hydroxylation is 1.